The maximum absolute atomic E-state index is 12.7. The Labute approximate surface area is 359 Å². The summed E-state index contributed by atoms with van der Waals surface area (Å²) in [6.45, 7) is 6.55. The van der Waals surface area contributed by atoms with E-state index >= 15 is 0 Å². The van der Waals surface area contributed by atoms with Gasteiger partial charge in [0.1, 0.15) is 13.2 Å². The first-order valence-electron chi connectivity index (χ1n) is 25.0. The first-order valence-corrected chi connectivity index (χ1v) is 25.0. The van der Waals surface area contributed by atoms with Crippen LogP contribution in [0.5, 0.6) is 0 Å². The Morgan fingerprint density at radius 2 is 0.638 bits per heavy atom. The molecule has 0 aromatic carbocycles. The van der Waals surface area contributed by atoms with Crippen LogP contribution in [0.15, 0.2) is 36.5 Å². The summed E-state index contributed by atoms with van der Waals surface area (Å²) in [5.74, 6) is -0.894. The second kappa shape index (κ2) is 47.3. The molecule has 1 unspecified atom stereocenters. The van der Waals surface area contributed by atoms with Gasteiger partial charge in [-0.1, -0.05) is 205 Å². The van der Waals surface area contributed by atoms with Crippen molar-refractivity contribution in [3.63, 3.8) is 0 Å². The van der Waals surface area contributed by atoms with Crippen LogP contribution in [0.25, 0.3) is 0 Å². The van der Waals surface area contributed by atoms with Gasteiger partial charge in [0.05, 0.1) is 0 Å². The number of hydrogen-bond donors (Lipinski definition) is 0. The zero-order valence-corrected chi connectivity index (χ0v) is 38.6. The van der Waals surface area contributed by atoms with Gasteiger partial charge in [0.2, 0.25) is 0 Å². The van der Waals surface area contributed by atoms with Crippen LogP contribution in [0.3, 0.4) is 0 Å². The lowest BCUT2D eigenvalue weighted by Gasteiger charge is -2.18. The fourth-order valence-corrected chi connectivity index (χ4v) is 7.04. The molecule has 0 aromatic heterocycles. The third-order valence-electron chi connectivity index (χ3n) is 10.9. The summed E-state index contributed by atoms with van der Waals surface area (Å²) in [7, 11) is 0. The van der Waals surface area contributed by atoms with Crippen molar-refractivity contribution in [3.05, 3.63) is 36.5 Å². The van der Waals surface area contributed by atoms with Crippen LogP contribution in [0.1, 0.15) is 258 Å². The number of ether oxygens (including phenoxy) is 3. The zero-order valence-electron chi connectivity index (χ0n) is 38.6. The minimum absolute atomic E-state index is 0.0770. The van der Waals surface area contributed by atoms with E-state index in [1.807, 2.05) is 0 Å². The summed E-state index contributed by atoms with van der Waals surface area (Å²) in [5, 5.41) is 0. The van der Waals surface area contributed by atoms with E-state index in [9.17, 15) is 14.4 Å². The van der Waals surface area contributed by atoms with Crippen molar-refractivity contribution in [2.75, 3.05) is 13.2 Å². The largest absolute Gasteiger partial charge is 0.462 e. The molecule has 0 aromatic rings. The van der Waals surface area contributed by atoms with Gasteiger partial charge >= 0.3 is 17.9 Å². The molecule has 58 heavy (non-hydrogen) atoms. The number of allylic oxidation sites excluding steroid dienone is 6. The maximum atomic E-state index is 12.7. The molecule has 0 aliphatic heterocycles. The predicted octanol–water partition coefficient (Wildman–Crippen LogP) is 16.1. The van der Waals surface area contributed by atoms with E-state index in [0.29, 0.717) is 19.3 Å². The number of hydrogen-bond acceptors (Lipinski definition) is 6. The van der Waals surface area contributed by atoms with Gasteiger partial charge in [0.25, 0.3) is 0 Å². The lowest BCUT2D eigenvalue weighted by atomic mass is 10.1. The maximum Gasteiger partial charge on any atom is 0.306 e. The first kappa shape index (κ1) is 55.6. The average molecular weight is 815 g/mol. The van der Waals surface area contributed by atoms with Gasteiger partial charge < -0.3 is 14.2 Å². The molecule has 0 aliphatic rings. The second-order valence-corrected chi connectivity index (χ2v) is 16.7. The number of carbonyl (C=O) groups is 3. The molecule has 0 fully saturated rings. The molecule has 0 rings (SSSR count). The molecule has 6 nitrogen and oxygen atoms in total. The summed E-state index contributed by atoms with van der Waals surface area (Å²) in [5.41, 5.74) is 0. The highest BCUT2D eigenvalue weighted by molar-refractivity contribution is 5.71. The molecule has 0 N–H and O–H groups in total. The van der Waals surface area contributed by atoms with E-state index < -0.39 is 6.10 Å². The van der Waals surface area contributed by atoms with Gasteiger partial charge in [-0.05, 0) is 70.6 Å². The fourth-order valence-electron chi connectivity index (χ4n) is 7.04. The molecule has 0 saturated carbocycles. The van der Waals surface area contributed by atoms with E-state index in [4.69, 9.17) is 14.2 Å². The summed E-state index contributed by atoms with van der Waals surface area (Å²) >= 11 is 0. The van der Waals surface area contributed by atoms with Crippen molar-refractivity contribution in [2.45, 2.75) is 264 Å². The summed E-state index contributed by atoms with van der Waals surface area (Å²) in [6, 6.07) is 0. The Balaban J connectivity index is 4.24. The van der Waals surface area contributed by atoms with Crippen LogP contribution in [0, 0.1) is 0 Å². The van der Waals surface area contributed by atoms with Gasteiger partial charge in [0, 0.05) is 19.3 Å². The lowest BCUT2D eigenvalue weighted by molar-refractivity contribution is -0.167. The molecule has 0 saturated heterocycles. The van der Waals surface area contributed by atoms with E-state index in [1.54, 1.807) is 0 Å². The predicted molar refractivity (Wildman–Crippen MR) is 247 cm³/mol. The van der Waals surface area contributed by atoms with E-state index in [2.05, 4.69) is 57.2 Å². The molecule has 338 valence electrons. The van der Waals surface area contributed by atoms with Crippen LogP contribution in [-0.2, 0) is 28.6 Å². The zero-order chi connectivity index (χ0) is 42.3. The standard InChI is InChI=1S/C52H94O6/c1-4-7-10-13-16-18-20-22-24-25-26-27-28-30-31-33-36-39-42-45-51(54)57-48-49(47-56-50(53)44-41-38-35-15-12-9-6-3)58-52(55)46-43-40-37-34-32-29-23-21-19-17-14-11-8-5-2/h14,17,21-24,49H,4-13,15-16,18-20,25-48H2,1-3H3/b17-14-,23-21-,24-22-. The minimum atomic E-state index is -0.774. The van der Waals surface area contributed by atoms with Crippen LogP contribution >= 0.6 is 0 Å². The van der Waals surface area contributed by atoms with Crippen molar-refractivity contribution in [2.24, 2.45) is 0 Å². The Kier molecular flexibility index (Phi) is 45.4. The van der Waals surface area contributed by atoms with Crippen LogP contribution < -0.4 is 0 Å². The van der Waals surface area contributed by atoms with Crippen molar-refractivity contribution in [3.8, 4) is 0 Å². The highest BCUT2D eigenvalue weighted by Crippen LogP contribution is 2.15. The monoisotopic (exact) mass is 815 g/mol. The van der Waals surface area contributed by atoms with Gasteiger partial charge in [-0.3, -0.25) is 14.4 Å². The van der Waals surface area contributed by atoms with Crippen LogP contribution in [0.4, 0.5) is 0 Å². The average Bonchev–Trinajstić information content (AvgIpc) is 3.22. The molecule has 0 radical (unpaired) electrons. The number of esters is 3. The van der Waals surface area contributed by atoms with Gasteiger partial charge in [0.15, 0.2) is 6.10 Å². The summed E-state index contributed by atoms with van der Waals surface area (Å²) in [4.78, 5) is 37.7. The van der Waals surface area contributed by atoms with E-state index in [-0.39, 0.29) is 31.1 Å². The molecule has 0 aliphatic carbocycles. The third-order valence-corrected chi connectivity index (χ3v) is 10.9. The van der Waals surface area contributed by atoms with Crippen molar-refractivity contribution in [1.29, 1.82) is 0 Å². The summed E-state index contributed by atoms with van der Waals surface area (Å²) in [6.07, 6.45) is 54.3. The third kappa shape index (κ3) is 44.7. The summed E-state index contributed by atoms with van der Waals surface area (Å²) < 4.78 is 16.7. The highest BCUT2D eigenvalue weighted by Gasteiger charge is 2.19. The number of unbranched alkanes of at least 4 members (excludes halogenated alkanes) is 28. The fraction of sp³-hybridized carbons (Fsp3) is 0.827. The van der Waals surface area contributed by atoms with Crippen molar-refractivity contribution >= 4 is 17.9 Å². The quantitative estimate of drug-likeness (QED) is 0.0264. The topological polar surface area (TPSA) is 78.9 Å². The van der Waals surface area contributed by atoms with Crippen molar-refractivity contribution < 1.29 is 28.6 Å². The number of rotatable bonds is 45. The van der Waals surface area contributed by atoms with Crippen LogP contribution in [-0.4, -0.2) is 37.2 Å². The molecular formula is C52H94O6. The van der Waals surface area contributed by atoms with Gasteiger partial charge in [-0.15, -0.1) is 0 Å². The van der Waals surface area contributed by atoms with Gasteiger partial charge in [-0.25, -0.2) is 0 Å². The molecule has 0 amide bonds. The highest BCUT2D eigenvalue weighted by atomic mass is 16.6. The van der Waals surface area contributed by atoms with Crippen LogP contribution in [0.2, 0.25) is 0 Å². The first-order chi connectivity index (χ1) is 28.5. The molecule has 1 atom stereocenters. The molecule has 0 heterocycles. The smallest absolute Gasteiger partial charge is 0.306 e. The Morgan fingerprint density at radius 1 is 0.345 bits per heavy atom. The van der Waals surface area contributed by atoms with Crippen molar-refractivity contribution in [1.82, 2.24) is 0 Å². The van der Waals surface area contributed by atoms with E-state index in [0.717, 1.165) is 83.5 Å². The van der Waals surface area contributed by atoms with Gasteiger partial charge in [-0.2, -0.15) is 0 Å². The lowest BCUT2D eigenvalue weighted by Crippen LogP contribution is -2.30. The minimum Gasteiger partial charge on any atom is -0.462 e. The Bertz CT molecular complexity index is 984. The Morgan fingerprint density at radius 3 is 1.02 bits per heavy atom. The molecule has 6 heteroatoms. The number of carbonyl (C=O) groups excluding carboxylic acids is 3. The normalized spacial score (nSPS) is 12.3. The SMILES string of the molecule is CCCC/C=C\C/C=C\CCCCCCCC(=O)OC(COC(=O)CCCCCCCCC)COC(=O)CCCCCCCCCCC/C=C\CCCCCCCC. The molecular weight excluding hydrogens is 721 g/mol. The Hall–Kier alpha value is -2.37. The van der Waals surface area contributed by atoms with E-state index in [1.165, 1.54) is 135 Å². The second-order valence-electron chi connectivity index (χ2n) is 16.7. The molecule has 0 bridgehead atoms. The molecule has 0 spiro atoms.